The lowest BCUT2D eigenvalue weighted by Crippen LogP contribution is -2.44. The van der Waals surface area contributed by atoms with Crippen LogP contribution in [0.3, 0.4) is 0 Å². The molecule has 1 N–H and O–H groups in total. The first-order valence-electron chi connectivity index (χ1n) is 13.1. The Kier molecular flexibility index (Phi) is 10.9. The van der Waals surface area contributed by atoms with Crippen molar-refractivity contribution in [1.29, 1.82) is 0 Å². The van der Waals surface area contributed by atoms with Crippen molar-refractivity contribution < 1.29 is 23.1 Å². The van der Waals surface area contributed by atoms with Gasteiger partial charge in [-0.05, 0) is 73.7 Å². The largest absolute Gasteiger partial charge is 0.464 e. The average molecular weight is 524 g/mol. The number of urea groups is 1. The summed E-state index contributed by atoms with van der Waals surface area (Å²) < 4.78 is 24.6. The maximum atomic E-state index is 13.6. The molecule has 3 aromatic rings. The average Bonchev–Trinajstić information content (AvgIpc) is 3.31. The van der Waals surface area contributed by atoms with Crippen LogP contribution in [0.2, 0.25) is 0 Å². The number of hydrogen-bond acceptors (Lipinski definition) is 4. The lowest BCUT2D eigenvalue weighted by Gasteiger charge is -2.27. The number of carbonyl (C=O) groups excluding carboxylic acids is 2. The van der Waals surface area contributed by atoms with Gasteiger partial charge in [-0.2, -0.15) is 0 Å². The zero-order chi connectivity index (χ0) is 27.5. The van der Waals surface area contributed by atoms with E-state index in [1.165, 1.54) is 22.6 Å². The van der Waals surface area contributed by atoms with Crippen LogP contribution in [0, 0.1) is 12.7 Å². The molecule has 7 nitrogen and oxygen atoms in total. The second-order valence-electron chi connectivity index (χ2n) is 9.57. The van der Waals surface area contributed by atoms with E-state index in [0.29, 0.717) is 43.5 Å². The van der Waals surface area contributed by atoms with Crippen LogP contribution in [0.1, 0.15) is 55.8 Å². The number of furan rings is 1. The summed E-state index contributed by atoms with van der Waals surface area (Å²) in [5.74, 6) is 1.18. The first-order valence-corrected chi connectivity index (χ1v) is 13.1. The molecule has 0 fully saturated rings. The number of nitrogens with one attached hydrogen (secondary N) is 1. The van der Waals surface area contributed by atoms with Gasteiger partial charge in [0.15, 0.2) is 0 Å². The number of carbonyl (C=O) groups is 2. The van der Waals surface area contributed by atoms with Crippen molar-refractivity contribution >= 4 is 17.6 Å². The van der Waals surface area contributed by atoms with Gasteiger partial charge >= 0.3 is 6.03 Å². The molecule has 0 radical (unpaired) electrons. The molecule has 0 spiro atoms. The van der Waals surface area contributed by atoms with E-state index in [0.717, 1.165) is 11.3 Å². The van der Waals surface area contributed by atoms with Gasteiger partial charge in [0.25, 0.3) is 0 Å². The summed E-state index contributed by atoms with van der Waals surface area (Å²) in [7, 11) is 0. The summed E-state index contributed by atoms with van der Waals surface area (Å²) in [6.45, 7) is 9.77. The van der Waals surface area contributed by atoms with Crippen molar-refractivity contribution in [2.24, 2.45) is 0 Å². The quantitative estimate of drug-likeness (QED) is 0.265. The van der Waals surface area contributed by atoms with E-state index in [1.807, 2.05) is 50.2 Å². The molecule has 38 heavy (non-hydrogen) atoms. The van der Waals surface area contributed by atoms with Crippen LogP contribution in [-0.4, -0.2) is 48.0 Å². The van der Waals surface area contributed by atoms with Crippen molar-refractivity contribution in [2.75, 3.05) is 31.6 Å². The fraction of sp³-hybridized carbons (Fsp3) is 0.400. The Labute approximate surface area is 224 Å². The van der Waals surface area contributed by atoms with Gasteiger partial charge in [-0.1, -0.05) is 38.1 Å². The molecule has 1 heterocycles. The van der Waals surface area contributed by atoms with E-state index in [2.05, 4.69) is 19.2 Å². The predicted molar refractivity (Wildman–Crippen MR) is 146 cm³/mol. The van der Waals surface area contributed by atoms with Gasteiger partial charge in [0.1, 0.15) is 23.9 Å². The molecule has 8 heteroatoms. The number of hydrogen-bond donors (Lipinski definition) is 1. The molecule has 0 bridgehead atoms. The lowest BCUT2D eigenvalue weighted by atomic mass is 10.0. The zero-order valence-corrected chi connectivity index (χ0v) is 22.7. The van der Waals surface area contributed by atoms with Crippen LogP contribution >= 0.6 is 0 Å². The van der Waals surface area contributed by atoms with Crippen LogP contribution in [0.4, 0.5) is 14.9 Å². The van der Waals surface area contributed by atoms with E-state index in [9.17, 15) is 14.0 Å². The van der Waals surface area contributed by atoms with Crippen LogP contribution in [0.25, 0.3) is 0 Å². The van der Waals surface area contributed by atoms with Gasteiger partial charge in [-0.3, -0.25) is 4.79 Å². The summed E-state index contributed by atoms with van der Waals surface area (Å²) >= 11 is 0. The fourth-order valence-electron chi connectivity index (χ4n) is 3.97. The topological polar surface area (TPSA) is 75.0 Å². The number of nitrogens with zero attached hydrogens (tertiary/aromatic N) is 2. The number of halogens is 1. The number of ether oxygens (including phenoxy) is 1. The second-order valence-corrected chi connectivity index (χ2v) is 9.57. The molecule has 0 aliphatic rings. The van der Waals surface area contributed by atoms with Crippen LogP contribution < -0.4 is 5.32 Å². The van der Waals surface area contributed by atoms with Crippen molar-refractivity contribution in [2.45, 2.75) is 53.1 Å². The van der Waals surface area contributed by atoms with Crippen molar-refractivity contribution in [1.82, 2.24) is 9.80 Å². The first kappa shape index (κ1) is 28.9. The highest BCUT2D eigenvalue weighted by Gasteiger charge is 2.23. The predicted octanol–water partition coefficient (Wildman–Crippen LogP) is 6.34. The van der Waals surface area contributed by atoms with Gasteiger partial charge in [0, 0.05) is 32.0 Å². The molecule has 0 saturated carbocycles. The molecule has 3 rings (SSSR count). The maximum Gasteiger partial charge on any atom is 0.322 e. The van der Waals surface area contributed by atoms with E-state index in [-0.39, 0.29) is 37.4 Å². The number of rotatable bonds is 13. The Morgan fingerprint density at radius 3 is 2.29 bits per heavy atom. The Morgan fingerprint density at radius 1 is 0.974 bits per heavy atom. The van der Waals surface area contributed by atoms with Gasteiger partial charge < -0.3 is 24.3 Å². The summed E-state index contributed by atoms with van der Waals surface area (Å²) in [6.07, 6.45) is 0.593. The molecule has 3 amide bonds. The standard InChI is InChI=1S/C30H38FN3O4/c1-5-37-18-6-17-33(30(36)32-27-14-10-25(11-15-27)22(2)3)21-29(35)34(20-28-16-7-23(4)38-28)19-24-8-12-26(31)13-9-24/h7-16,22H,5-6,17-21H2,1-4H3,(H,32,36). The Hall–Kier alpha value is -3.65. The van der Waals surface area contributed by atoms with E-state index >= 15 is 0 Å². The molecule has 204 valence electrons. The van der Waals surface area contributed by atoms with Crippen molar-refractivity contribution in [3.05, 3.63) is 89.1 Å². The Balaban J connectivity index is 1.75. The Bertz CT molecular complexity index is 1160. The van der Waals surface area contributed by atoms with E-state index < -0.39 is 0 Å². The van der Waals surface area contributed by atoms with E-state index in [1.54, 1.807) is 17.0 Å². The third kappa shape index (κ3) is 9.03. The number of aryl methyl sites for hydroxylation is 1. The van der Waals surface area contributed by atoms with Gasteiger partial charge in [-0.25, -0.2) is 9.18 Å². The molecule has 0 aliphatic carbocycles. The summed E-state index contributed by atoms with van der Waals surface area (Å²) in [5.41, 5.74) is 2.62. The SMILES string of the molecule is CCOCCCN(CC(=O)N(Cc1ccc(F)cc1)Cc1ccc(C)o1)C(=O)Nc1ccc(C(C)C)cc1. The highest BCUT2D eigenvalue weighted by molar-refractivity contribution is 5.92. The summed E-state index contributed by atoms with van der Waals surface area (Å²) in [6, 6.07) is 17.1. The monoisotopic (exact) mass is 523 g/mol. The smallest absolute Gasteiger partial charge is 0.322 e. The zero-order valence-electron chi connectivity index (χ0n) is 22.7. The van der Waals surface area contributed by atoms with Crippen LogP contribution in [0.15, 0.2) is 65.1 Å². The first-order chi connectivity index (χ1) is 18.2. The van der Waals surface area contributed by atoms with Crippen molar-refractivity contribution in [3.63, 3.8) is 0 Å². The molecular formula is C30H38FN3O4. The summed E-state index contributed by atoms with van der Waals surface area (Å²) in [5, 5.41) is 2.92. The minimum atomic E-state index is -0.359. The number of anilines is 1. The molecule has 2 aromatic carbocycles. The number of benzene rings is 2. The summed E-state index contributed by atoms with van der Waals surface area (Å²) in [4.78, 5) is 29.9. The Morgan fingerprint density at radius 2 is 1.68 bits per heavy atom. The van der Waals surface area contributed by atoms with Crippen LogP contribution in [-0.2, 0) is 22.6 Å². The third-order valence-electron chi connectivity index (χ3n) is 6.14. The lowest BCUT2D eigenvalue weighted by molar-refractivity contribution is -0.133. The maximum absolute atomic E-state index is 13.6. The second kappa shape index (κ2) is 14.3. The normalized spacial score (nSPS) is 11.0. The molecular weight excluding hydrogens is 485 g/mol. The van der Waals surface area contributed by atoms with E-state index in [4.69, 9.17) is 9.15 Å². The molecule has 0 unspecified atom stereocenters. The molecule has 1 aromatic heterocycles. The van der Waals surface area contributed by atoms with Gasteiger partial charge in [-0.15, -0.1) is 0 Å². The van der Waals surface area contributed by atoms with Gasteiger partial charge in [0.05, 0.1) is 6.54 Å². The highest BCUT2D eigenvalue weighted by atomic mass is 19.1. The minimum Gasteiger partial charge on any atom is -0.464 e. The highest BCUT2D eigenvalue weighted by Crippen LogP contribution is 2.18. The van der Waals surface area contributed by atoms with Crippen molar-refractivity contribution in [3.8, 4) is 0 Å². The minimum absolute atomic E-state index is 0.122. The third-order valence-corrected chi connectivity index (χ3v) is 6.14. The molecule has 0 aliphatic heterocycles. The molecule has 0 atom stereocenters. The van der Waals surface area contributed by atoms with Crippen LogP contribution in [0.5, 0.6) is 0 Å². The van der Waals surface area contributed by atoms with Gasteiger partial charge in [0.2, 0.25) is 5.91 Å². The molecule has 0 saturated heterocycles. The number of amides is 3. The fourth-order valence-corrected chi connectivity index (χ4v) is 3.97.